The lowest BCUT2D eigenvalue weighted by Crippen LogP contribution is -2.29. The van der Waals surface area contributed by atoms with Crippen molar-refractivity contribution in [1.29, 1.82) is 0 Å². The van der Waals surface area contributed by atoms with E-state index < -0.39 is 20.0 Å². The maximum Gasteiger partial charge on any atom is 0.264 e. The summed E-state index contributed by atoms with van der Waals surface area (Å²) < 4.78 is 56.7. The van der Waals surface area contributed by atoms with Gasteiger partial charge in [0.15, 0.2) is 0 Å². The van der Waals surface area contributed by atoms with Crippen molar-refractivity contribution in [3.8, 4) is 0 Å². The second-order valence-corrected chi connectivity index (χ2v) is 12.1. The molecular formula is C23H21BrN2O4S2. The van der Waals surface area contributed by atoms with E-state index in [9.17, 15) is 16.8 Å². The van der Waals surface area contributed by atoms with Crippen molar-refractivity contribution in [3.63, 3.8) is 0 Å². The topological polar surface area (TPSA) is 83.6 Å². The summed E-state index contributed by atoms with van der Waals surface area (Å²) in [7, 11) is -7.62. The number of hydrogen-bond acceptors (Lipinski definition) is 4. The van der Waals surface area contributed by atoms with E-state index in [1.807, 2.05) is 13.8 Å². The van der Waals surface area contributed by atoms with Crippen molar-refractivity contribution in [2.24, 2.45) is 0 Å². The second kappa shape index (κ2) is 8.38. The van der Waals surface area contributed by atoms with Gasteiger partial charge in [0.05, 0.1) is 22.0 Å². The van der Waals surface area contributed by atoms with E-state index in [1.165, 1.54) is 22.6 Å². The Labute approximate surface area is 196 Å². The van der Waals surface area contributed by atoms with E-state index in [0.29, 0.717) is 16.8 Å². The van der Waals surface area contributed by atoms with Crippen LogP contribution in [0.3, 0.4) is 0 Å². The van der Waals surface area contributed by atoms with Gasteiger partial charge in [-0.15, -0.1) is 0 Å². The molecule has 0 unspecified atom stereocenters. The van der Waals surface area contributed by atoms with E-state index in [4.69, 9.17) is 0 Å². The lowest BCUT2D eigenvalue weighted by atomic mass is 10.1. The molecule has 1 N–H and O–H groups in total. The molecule has 0 spiro atoms. The first-order valence-electron chi connectivity index (χ1n) is 9.75. The zero-order valence-electron chi connectivity index (χ0n) is 17.4. The quantitative estimate of drug-likeness (QED) is 0.520. The molecule has 0 radical (unpaired) electrons. The van der Waals surface area contributed by atoms with Crippen LogP contribution in [-0.4, -0.2) is 23.4 Å². The molecule has 3 aromatic carbocycles. The van der Waals surface area contributed by atoms with Crippen LogP contribution in [0, 0.1) is 13.8 Å². The average molecular weight is 533 g/mol. The Bertz CT molecular complexity index is 1410. The van der Waals surface area contributed by atoms with Crippen molar-refractivity contribution in [3.05, 3.63) is 94.1 Å². The van der Waals surface area contributed by atoms with Crippen LogP contribution < -0.4 is 9.03 Å². The average Bonchev–Trinajstić information content (AvgIpc) is 3.11. The number of aryl methyl sites for hydroxylation is 2. The Balaban J connectivity index is 1.71. The molecule has 0 bridgehead atoms. The van der Waals surface area contributed by atoms with Crippen molar-refractivity contribution in [2.45, 2.75) is 23.6 Å². The fourth-order valence-corrected chi connectivity index (χ4v) is 6.17. The zero-order valence-corrected chi connectivity index (χ0v) is 20.6. The summed E-state index contributed by atoms with van der Waals surface area (Å²) in [6.45, 7) is 3.78. The van der Waals surface area contributed by atoms with Crippen LogP contribution in [0.5, 0.6) is 0 Å². The predicted molar refractivity (Wildman–Crippen MR) is 129 cm³/mol. The highest BCUT2D eigenvalue weighted by Crippen LogP contribution is 2.40. The minimum absolute atomic E-state index is 0.0123. The minimum atomic E-state index is -3.83. The highest BCUT2D eigenvalue weighted by molar-refractivity contribution is 9.10. The first-order chi connectivity index (χ1) is 15.1. The lowest BCUT2D eigenvalue weighted by Gasteiger charge is -2.19. The molecule has 0 amide bonds. The molecule has 0 aliphatic carbocycles. The van der Waals surface area contributed by atoms with Gasteiger partial charge in [-0.05, 0) is 61.9 Å². The van der Waals surface area contributed by atoms with Gasteiger partial charge in [-0.25, -0.2) is 16.8 Å². The minimum Gasteiger partial charge on any atom is -0.286 e. The number of nitrogens with one attached hydrogen (secondary N) is 1. The Hall–Kier alpha value is -2.62. The van der Waals surface area contributed by atoms with E-state index in [1.54, 1.807) is 54.6 Å². The number of nitrogens with zero attached hydrogens (tertiary/aromatic N) is 1. The van der Waals surface area contributed by atoms with Crippen molar-refractivity contribution in [1.82, 2.24) is 4.72 Å². The van der Waals surface area contributed by atoms with Gasteiger partial charge in [-0.3, -0.25) is 9.03 Å². The number of benzene rings is 3. The summed E-state index contributed by atoms with van der Waals surface area (Å²) in [5, 5.41) is 0. The fraction of sp³-hybridized carbons (Fsp3) is 0.130. The zero-order chi connectivity index (χ0) is 23.1. The highest BCUT2D eigenvalue weighted by atomic mass is 79.9. The van der Waals surface area contributed by atoms with Crippen molar-refractivity contribution in [2.75, 3.05) is 10.8 Å². The van der Waals surface area contributed by atoms with E-state index in [2.05, 4.69) is 20.7 Å². The number of halogens is 1. The summed E-state index contributed by atoms with van der Waals surface area (Å²) >= 11 is 3.42. The third kappa shape index (κ3) is 4.32. The highest BCUT2D eigenvalue weighted by Gasteiger charge is 2.34. The van der Waals surface area contributed by atoms with Gasteiger partial charge < -0.3 is 0 Å². The van der Waals surface area contributed by atoms with Gasteiger partial charge >= 0.3 is 0 Å². The van der Waals surface area contributed by atoms with Crippen LogP contribution in [-0.2, 0) is 20.0 Å². The monoisotopic (exact) mass is 532 g/mol. The summed E-state index contributed by atoms with van der Waals surface area (Å²) in [6, 6.07) is 18.4. The molecule has 166 valence electrons. The van der Waals surface area contributed by atoms with Crippen molar-refractivity contribution < 1.29 is 16.8 Å². The van der Waals surface area contributed by atoms with Crippen LogP contribution in [0.15, 0.2) is 87.2 Å². The summed E-state index contributed by atoms with van der Waals surface area (Å²) in [4.78, 5) is 0.315. The van der Waals surface area contributed by atoms with Crippen molar-refractivity contribution >= 4 is 47.2 Å². The Kier molecular flexibility index (Phi) is 5.91. The van der Waals surface area contributed by atoms with Crippen LogP contribution in [0.1, 0.15) is 16.7 Å². The maximum absolute atomic E-state index is 13.3. The summed E-state index contributed by atoms with van der Waals surface area (Å²) in [5.74, 6) is 0. The molecular weight excluding hydrogens is 512 g/mol. The second-order valence-electron chi connectivity index (χ2n) is 7.59. The van der Waals surface area contributed by atoms with E-state index in [0.717, 1.165) is 15.6 Å². The van der Waals surface area contributed by atoms with Crippen LogP contribution in [0.25, 0.3) is 5.57 Å². The molecule has 3 aromatic rings. The molecule has 0 saturated carbocycles. The number of sulfonamides is 2. The first kappa shape index (κ1) is 22.6. The fourth-order valence-electron chi connectivity index (χ4n) is 3.42. The molecule has 32 heavy (non-hydrogen) atoms. The molecule has 0 atom stereocenters. The summed E-state index contributed by atoms with van der Waals surface area (Å²) in [5.41, 5.74) is 3.60. The maximum atomic E-state index is 13.3. The molecule has 1 aliphatic heterocycles. The largest absolute Gasteiger partial charge is 0.286 e. The molecule has 1 heterocycles. The van der Waals surface area contributed by atoms with Gasteiger partial charge in [0.2, 0.25) is 0 Å². The Morgan fingerprint density at radius 3 is 2.00 bits per heavy atom. The Morgan fingerprint density at radius 2 is 1.41 bits per heavy atom. The van der Waals surface area contributed by atoms with Gasteiger partial charge in [0, 0.05) is 16.2 Å². The number of rotatable bonds is 5. The number of hydrogen-bond donors (Lipinski definition) is 1. The van der Waals surface area contributed by atoms with E-state index >= 15 is 0 Å². The molecule has 9 heteroatoms. The predicted octanol–water partition coefficient (Wildman–Crippen LogP) is 4.59. The molecule has 1 aliphatic rings. The smallest absolute Gasteiger partial charge is 0.264 e. The van der Waals surface area contributed by atoms with Gasteiger partial charge in [-0.2, -0.15) is 0 Å². The molecule has 6 nitrogen and oxygen atoms in total. The first-order valence-corrected chi connectivity index (χ1v) is 13.5. The standard InChI is InChI=1S/C23H21BrN2O4S2/c1-16-3-8-20(9-4-16)31(27,28)25-14-18-15-26(23-12-7-19(24)13-22(18)23)32(29,30)21-10-5-17(2)6-11-21/h3-14,25H,15H2,1-2H3/b18-14+. The molecule has 0 saturated heterocycles. The molecule has 0 aromatic heterocycles. The SMILES string of the molecule is Cc1ccc(S(=O)(=O)N/C=C2\CN(S(=O)(=O)c3ccc(C)cc3)c3ccc(Br)cc32)cc1. The number of fused-ring (bicyclic) bond motifs is 1. The van der Waals surface area contributed by atoms with E-state index in [-0.39, 0.29) is 16.3 Å². The summed E-state index contributed by atoms with van der Waals surface area (Å²) in [6.07, 6.45) is 1.37. The normalized spacial score (nSPS) is 15.1. The lowest BCUT2D eigenvalue weighted by molar-refractivity contribution is 0.590. The van der Waals surface area contributed by atoms with Gasteiger partial charge in [0.1, 0.15) is 0 Å². The third-order valence-electron chi connectivity index (χ3n) is 5.22. The molecule has 4 rings (SSSR count). The molecule has 0 fully saturated rings. The van der Waals surface area contributed by atoms with Gasteiger partial charge in [0.25, 0.3) is 20.0 Å². The number of anilines is 1. The van der Waals surface area contributed by atoms with Crippen LogP contribution in [0.2, 0.25) is 0 Å². The van der Waals surface area contributed by atoms with Crippen LogP contribution in [0.4, 0.5) is 5.69 Å². The Morgan fingerprint density at radius 1 is 0.844 bits per heavy atom. The van der Waals surface area contributed by atoms with Gasteiger partial charge in [-0.1, -0.05) is 51.3 Å². The third-order valence-corrected chi connectivity index (χ3v) is 8.80. The van der Waals surface area contributed by atoms with Crippen LogP contribution >= 0.6 is 15.9 Å².